The fourth-order valence-electron chi connectivity index (χ4n) is 7.35. The number of hydrogen-bond donors (Lipinski definition) is 4. The summed E-state index contributed by atoms with van der Waals surface area (Å²) in [5.74, 6) is -10.5. The van der Waals surface area contributed by atoms with E-state index in [1.807, 2.05) is 43.3 Å². The quantitative estimate of drug-likeness (QED) is 0.290. The van der Waals surface area contributed by atoms with Gasteiger partial charge in [-0.2, -0.15) is 0 Å². The van der Waals surface area contributed by atoms with Gasteiger partial charge in [0.2, 0.25) is 5.91 Å². The molecule has 3 aliphatic carbocycles. The number of nitrogens with zero attached hydrogens (tertiary/aromatic N) is 2. The highest BCUT2D eigenvalue weighted by Crippen LogP contribution is 2.53. The molecule has 3 unspecified atom stereocenters. The maximum absolute atomic E-state index is 14.1. The second-order valence-electron chi connectivity index (χ2n) is 12.1. The summed E-state index contributed by atoms with van der Waals surface area (Å²) in [4.78, 5) is 69.9. The van der Waals surface area contributed by atoms with Crippen LogP contribution in [0.1, 0.15) is 39.6 Å². The number of carbonyl (C=O) groups excluding carboxylic acids is 5. The van der Waals surface area contributed by atoms with Crippen LogP contribution < -0.4 is 10.6 Å². The number of benzene rings is 2. The standard InChI is InChI=1S/C31H35N3O8/c1-13(35)17-12-18(14-6-8-16(9-7-14)33(2)3)19-10-15-11-20-24(34(4)5)27(38)23(30(32)41)29(40)31(20,42)28(39)21(15)26(37)22(19)25(17)36/h6-9,12,15,20-21,23-24,27,36,38,42H,10-11H2,1-5H3,(H2,32,41)/t15-,20-,21?,23?,24-,27?,31-/m1/s1. The van der Waals surface area contributed by atoms with Crippen LogP contribution in [0.2, 0.25) is 0 Å². The largest absolute Gasteiger partial charge is 0.506 e. The molecule has 0 aliphatic heterocycles. The van der Waals surface area contributed by atoms with E-state index in [2.05, 4.69) is 0 Å². The van der Waals surface area contributed by atoms with Crippen LogP contribution >= 0.6 is 0 Å². The van der Waals surface area contributed by atoms with Crippen molar-refractivity contribution < 1.29 is 39.3 Å². The number of fused-ring (bicyclic) bond motifs is 3. The van der Waals surface area contributed by atoms with Crippen molar-refractivity contribution in [3.63, 3.8) is 0 Å². The van der Waals surface area contributed by atoms with Crippen molar-refractivity contribution in [1.29, 1.82) is 0 Å². The van der Waals surface area contributed by atoms with Crippen LogP contribution in [0.15, 0.2) is 30.3 Å². The first-order chi connectivity index (χ1) is 19.6. The Morgan fingerprint density at radius 3 is 2.17 bits per heavy atom. The average molecular weight is 578 g/mol. The van der Waals surface area contributed by atoms with Gasteiger partial charge in [-0.05, 0) is 74.7 Å². The molecule has 2 fully saturated rings. The van der Waals surface area contributed by atoms with Crippen molar-refractivity contribution >= 4 is 34.7 Å². The van der Waals surface area contributed by atoms with Gasteiger partial charge in [0, 0.05) is 31.7 Å². The van der Waals surface area contributed by atoms with E-state index in [9.17, 15) is 39.3 Å². The van der Waals surface area contributed by atoms with Crippen molar-refractivity contribution in [2.45, 2.75) is 37.5 Å². The summed E-state index contributed by atoms with van der Waals surface area (Å²) in [6, 6.07) is 8.00. The summed E-state index contributed by atoms with van der Waals surface area (Å²) in [6.07, 6.45) is -1.44. The van der Waals surface area contributed by atoms with Crippen LogP contribution in [0, 0.1) is 23.7 Å². The number of primary amides is 1. The molecule has 11 nitrogen and oxygen atoms in total. The van der Waals surface area contributed by atoms with E-state index in [4.69, 9.17) is 5.73 Å². The molecule has 0 radical (unpaired) electrons. The number of anilines is 1. The molecule has 11 heteroatoms. The van der Waals surface area contributed by atoms with Crippen LogP contribution in [-0.2, 0) is 20.8 Å². The number of hydrogen-bond acceptors (Lipinski definition) is 10. The van der Waals surface area contributed by atoms with E-state index in [1.165, 1.54) is 11.8 Å². The summed E-state index contributed by atoms with van der Waals surface area (Å²) in [7, 11) is 6.98. The number of likely N-dealkylation sites (N-methyl/N-ethyl adjacent to an activating group) is 1. The van der Waals surface area contributed by atoms with Crippen LogP contribution in [0.4, 0.5) is 5.69 Å². The third-order valence-corrected chi connectivity index (χ3v) is 9.36. The Morgan fingerprint density at radius 1 is 1.02 bits per heavy atom. The summed E-state index contributed by atoms with van der Waals surface area (Å²) < 4.78 is 0. The summed E-state index contributed by atoms with van der Waals surface area (Å²) in [5.41, 5.74) is 5.03. The van der Waals surface area contributed by atoms with E-state index in [0.717, 1.165) is 5.69 Å². The van der Waals surface area contributed by atoms with Gasteiger partial charge >= 0.3 is 0 Å². The van der Waals surface area contributed by atoms with E-state index in [-0.39, 0.29) is 24.0 Å². The van der Waals surface area contributed by atoms with E-state index >= 15 is 0 Å². The maximum atomic E-state index is 14.1. The molecule has 2 aromatic carbocycles. The Morgan fingerprint density at radius 2 is 1.64 bits per heavy atom. The lowest BCUT2D eigenvalue weighted by Crippen LogP contribution is -2.75. The first-order valence-electron chi connectivity index (χ1n) is 13.8. The van der Waals surface area contributed by atoms with Gasteiger partial charge in [0.15, 0.2) is 28.7 Å². The normalized spacial score (nSPS) is 30.4. The lowest BCUT2D eigenvalue weighted by molar-refractivity contribution is -0.190. The Kier molecular flexibility index (Phi) is 7.11. The van der Waals surface area contributed by atoms with E-state index in [0.29, 0.717) is 16.7 Å². The topological polar surface area (TPSA) is 179 Å². The van der Waals surface area contributed by atoms with Gasteiger partial charge in [-0.3, -0.25) is 24.0 Å². The fraction of sp³-hybridized carbons (Fsp3) is 0.452. The minimum atomic E-state index is -2.75. The van der Waals surface area contributed by atoms with Crippen molar-refractivity contribution in [2.24, 2.45) is 29.4 Å². The number of amides is 1. The van der Waals surface area contributed by atoms with Gasteiger partial charge < -0.3 is 30.9 Å². The first kappa shape index (κ1) is 29.6. The van der Waals surface area contributed by atoms with Gasteiger partial charge in [-0.15, -0.1) is 0 Å². The molecule has 3 aliphatic rings. The Labute approximate surface area is 242 Å². The number of aliphatic hydroxyl groups excluding tert-OH is 1. The Hall–Kier alpha value is -3.93. The lowest BCUT2D eigenvalue weighted by atomic mass is 9.52. The molecule has 0 heterocycles. The zero-order valence-corrected chi connectivity index (χ0v) is 24.1. The molecular formula is C31H35N3O8. The van der Waals surface area contributed by atoms with Crippen molar-refractivity contribution in [1.82, 2.24) is 4.90 Å². The minimum absolute atomic E-state index is 0.00342. The smallest absolute Gasteiger partial charge is 0.230 e. The van der Waals surface area contributed by atoms with Gasteiger partial charge in [-0.25, -0.2) is 0 Å². The van der Waals surface area contributed by atoms with Gasteiger partial charge in [-0.1, -0.05) is 12.1 Å². The van der Waals surface area contributed by atoms with Gasteiger partial charge in [0.05, 0.1) is 23.1 Å². The molecule has 1 amide bonds. The van der Waals surface area contributed by atoms with E-state index < -0.39 is 76.2 Å². The number of ketones is 4. The number of phenols is 1. The van der Waals surface area contributed by atoms with Crippen molar-refractivity contribution in [3.05, 3.63) is 47.0 Å². The fourth-order valence-corrected chi connectivity index (χ4v) is 7.35. The average Bonchev–Trinajstić information content (AvgIpc) is 2.90. The second-order valence-corrected chi connectivity index (χ2v) is 12.1. The molecule has 0 saturated heterocycles. The SMILES string of the molecule is CC(=O)c1cc(-c2ccc(N(C)C)cc2)c2c(c1O)C(=O)C1C(=O)[C@@]3(O)C(=O)C(C(N)=O)C(O)[C@H](N(C)C)[C@H]3C[C@H]1C2. The Balaban J connectivity index is 1.69. The number of aliphatic hydroxyl groups is 2. The van der Waals surface area contributed by atoms with Crippen molar-refractivity contribution in [3.8, 4) is 16.9 Å². The maximum Gasteiger partial charge on any atom is 0.230 e. The zero-order chi connectivity index (χ0) is 31.0. The molecule has 42 heavy (non-hydrogen) atoms. The molecule has 5 rings (SSSR count). The van der Waals surface area contributed by atoms with Gasteiger partial charge in [0.1, 0.15) is 11.7 Å². The monoisotopic (exact) mass is 577 g/mol. The third-order valence-electron chi connectivity index (χ3n) is 9.36. The zero-order valence-electron chi connectivity index (χ0n) is 24.1. The van der Waals surface area contributed by atoms with Crippen LogP contribution in [-0.4, -0.2) is 95.2 Å². The molecule has 2 saturated carbocycles. The second kappa shape index (κ2) is 10.1. The minimum Gasteiger partial charge on any atom is -0.506 e. The molecular weight excluding hydrogens is 542 g/mol. The van der Waals surface area contributed by atoms with Crippen molar-refractivity contribution in [2.75, 3.05) is 33.1 Å². The number of phenolic OH excluding ortho intramolecular Hbond substituents is 1. The number of nitrogens with two attached hydrogens (primary N) is 1. The van der Waals surface area contributed by atoms with Crippen LogP contribution in [0.25, 0.3) is 11.1 Å². The van der Waals surface area contributed by atoms with Crippen LogP contribution in [0.5, 0.6) is 5.75 Å². The number of Topliss-reactive ketones (excluding diaryl/α,β-unsaturated/α-hetero) is 4. The van der Waals surface area contributed by atoms with E-state index in [1.54, 1.807) is 20.2 Å². The predicted octanol–water partition coefficient (Wildman–Crippen LogP) is 0.594. The molecule has 7 atom stereocenters. The number of aromatic hydroxyl groups is 1. The molecule has 5 N–H and O–H groups in total. The lowest BCUT2D eigenvalue weighted by Gasteiger charge is -2.54. The summed E-state index contributed by atoms with van der Waals surface area (Å²) in [6.45, 7) is 1.26. The first-order valence-corrected chi connectivity index (χ1v) is 13.8. The number of rotatable bonds is 5. The highest BCUT2D eigenvalue weighted by Gasteiger charge is 2.69. The molecule has 2 aromatic rings. The number of carbonyl (C=O) groups is 5. The highest BCUT2D eigenvalue weighted by atomic mass is 16.3. The third kappa shape index (κ3) is 4.10. The molecule has 0 spiro atoms. The molecule has 0 bridgehead atoms. The highest BCUT2D eigenvalue weighted by molar-refractivity contribution is 6.26. The van der Waals surface area contributed by atoms with Gasteiger partial charge in [0.25, 0.3) is 0 Å². The molecule has 0 aromatic heterocycles. The predicted molar refractivity (Wildman–Crippen MR) is 152 cm³/mol. The molecule has 222 valence electrons. The summed E-state index contributed by atoms with van der Waals surface area (Å²) in [5, 5.41) is 34.0. The summed E-state index contributed by atoms with van der Waals surface area (Å²) >= 11 is 0. The van der Waals surface area contributed by atoms with Crippen LogP contribution in [0.3, 0.4) is 0 Å². The Bertz CT molecular complexity index is 1530.